The van der Waals surface area contributed by atoms with Gasteiger partial charge in [-0.3, -0.25) is 19.7 Å². The van der Waals surface area contributed by atoms with E-state index in [9.17, 15) is 19.7 Å². The standard InChI is InChI=1S/C18H15N3O4/c22-17(11-6-8-12(9-7-11)21(24)25)19-14-4-1-3-13-16(14)15-5-2-10-20(15)18(13)23/h1,3-4,6-9,15H,2,5,10H2,(H,19,22)/t15-/m0/s1. The van der Waals surface area contributed by atoms with Crippen LogP contribution in [0.15, 0.2) is 42.5 Å². The Kier molecular flexibility index (Phi) is 3.49. The number of non-ortho nitro benzene ring substituents is 1. The van der Waals surface area contributed by atoms with Gasteiger partial charge >= 0.3 is 0 Å². The predicted octanol–water partition coefficient (Wildman–Crippen LogP) is 3.14. The zero-order valence-electron chi connectivity index (χ0n) is 13.3. The molecule has 0 unspecified atom stereocenters. The molecule has 2 aromatic rings. The fourth-order valence-electron chi connectivity index (χ4n) is 3.61. The normalized spacial score (nSPS) is 18.0. The molecule has 2 aliphatic rings. The van der Waals surface area contributed by atoms with Crippen LogP contribution in [0.4, 0.5) is 11.4 Å². The highest BCUT2D eigenvalue weighted by Gasteiger charge is 2.41. The van der Waals surface area contributed by atoms with Gasteiger partial charge < -0.3 is 10.2 Å². The summed E-state index contributed by atoms with van der Waals surface area (Å²) < 4.78 is 0. The van der Waals surface area contributed by atoms with Crippen molar-refractivity contribution < 1.29 is 14.5 Å². The zero-order chi connectivity index (χ0) is 17.6. The number of hydrogen-bond acceptors (Lipinski definition) is 4. The Hall–Kier alpha value is -3.22. The lowest BCUT2D eigenvalue weighted by molar-refractivity contribution is -0.384. The van der Waals surface area contributed by atoms with Gasteiger partial charge in [0, 0.05) is 41.1 Å². The molecule has 0 radical (unpaired) electrons. The van der Waals surface area contributed by atoms with Crippen LogP contribution in [0.3, 0.4) is 0 Å². The van der Waals surface area contributed by atoms with Gasteiger partial charge in [-0.25, -0.2) is 0 Å². The molecule has 7 nitrogen and oxygen atoms in total. The minimum absolute atomic E-state index is 0.0175. The number of fused-ring (bicyclic) bond motifs is 3. The van der Waals surface area contributed by atoms with Gasteiger partial charge in [-0.15, -0.1) is 0 Å². The van der Waals surface area contributed by atoms with Gasteiger partial charge in [-0.05, 0) is 37.1 Å². The zero-order valence-corrected chi connectivity index (χ0v) is 13.3. The number of hydrogen-bond donors (Lipinski definition) is 1. The molecule has 0 spiro atoms. The molecule has 2 heterocycles. The van der Waals surface area contributed by atoms with Crippen LogP contribution in [-0.4, -0.2) is 28.2 Å². The second-order valence-corrected chi connectivity index (χ2v) is 6.18. The maximum atomic E-state index is 12.5. The monoisotopic (exact) mass is 337 g/mol. The average Bonchev–Trinajstić information content (AvgIpc) is 3.19. The SMILES string of the molecule is O=C(Nc1cccc2c1[C@@H]1CCCN1C2=O)c1ccc([N+](=O)[O-])cc1. The van der Waals surface area contributed by atoms with Crippen molar-refractivity contribution in [2.24, 2.45) is 0 Å². The Morgan fingerprint density at radius 3 is 2.68 bits per heavy atom. The number of nitro groups is 1. The van der Waals surface area contributed by atoms with Crippen molar-refractivity contribution in [3.05, 3.63) is 69.3 Å². The number of amides is 2. The van der Waals surface area contributed by atoms with Crippen molar-refractivity contribution in [2.75, 3.05) is 11.9 Å². The van der Waals surface area contributed by atoms with E-state index >= 15 is 0 Å². The van der Waals surface area contributed by atoms with E-state index in [4.69, 9.17) is 0 Å². The Morgan fingerprint density at radius 1 is 1.20 bits per heavy atom. The molecule has 25 heavy (non-hydrogen) atoms. The third kappa shape index (κ3) is 2.44. The predicted molar refractivity (Wildman–Crippen MR) is 90.5 cm³/mol. The third-order valence-electron chi connectivity index (χ3n) is 4.77. The van der Waals surface area contributed by atoms with Crippen molar-refractivity contribution in [3.8, 4) is 0 Å². The average molecular weight is 337 g/mol. The Labute approximate surface area is 143 Å². The fraction of sp³-hybridized carbons (Fsp3) is 0.222. The smallest absolute Gasteiger partial charge is 0.269 e. The molecular formula is C18H15N3O4. The molecule has 0 saturated carbocycles. The number of nitro benzene ring substituents is 1. The Bertz CT molecular complexity index is 892. The first kappa shape index (κ1) is 15.3. The first-order valence-electron chi connectivity index (χ1n) is 8.06. The van der Waals surface area contributed by atoms with Crippen LogP contribution in [0.2, 0.25) is 0 Å². The first-order chi connectivity index (χ1) is 12.1. The number of nitrogens with one attached hydrogen (secondary N) is 1. The number of anilines is 1. The molecule has 2 aromatic carbocycles. The Morgan fingerprint density at radius 2 is 1.96 bits per heavy atom. The maximum Gasteiger partial charge on any atom is 0.269 e. The van der Waals surface area contributed by atoms with E-state index in [-0.39, 0.29) is 23.5 Å². The number of nitrogens with zero attached hydrogens (tertiary/aromatic N) is 2. The highest BCUT2D eigenvalue weighted by molar-refractivity contribution is 6.07. The summed E-state index contributed by atoms with van der Waals surface area (Å²) in [4.78, 5) is 37.0. The largest absolute Gasteiger partial charge is 0.331 e. The summed E-state index contributed by atoms with van der Waals surface area (Å²) in [6, 6.07) is 10.8. The lowest BCUT2D eigenvalue weighted by Crippen LogP contribution is -2.22. The van der Waals surface area contributed by atoms with E-state index in [0.717, 1.165) is 24.9 Å². The highest BCUT2D eigenvalue weighted by atomic mass is 16.6. The van der Waals surface area contributed by atoms with Crippen molar-refractivity contribution in [1.29, 1.82) is 0 Å². The lowest BCUT2D eigenvalue weighted by atomic mass is 10.00. The topological polar surface area (TPSA) is 92.6 Å². The maximum absolute atomic E-state index is 12.5. The number of rotatable bonds is 3. The summed E-state index contributed by atoms with van der Waals surface area (Å²) in [5.41, 5.74) is 2.41. The molecule has 1 saturated heterocycles. The second kappa shape index (κ2) is 5.70. The van der Waals surface area contributed by atoms with Gasteiger partial charge in [0.2, 0.25) is 0 Å². The van der Waals surface area contributed by atoms with Crippen LogP contribution >= 0.6 is 0 Å². The van der Waals surface area contributed by atoms with Crippen molar-refractivity contribution in [2.45, 2.75) is 18.9 Å². The molecule has 1 fully saturated rings. The van der Waals surface area contributed by atoms with Gasteiger partial charge in [-0.1, -0.05) is 6.07 Å². The van der Waals surface area contributed by atoms with Crippen LogP contribution in [0.25, 0.3) is 0 Å². The minimum atomic E-state index is -0.508. The Balaban J connectivity index is 1.63. The van der Waals surface area contributed by atoms with Crippen LogP contribution in [0.5, 0.6) is 0 Å². The summed E-state index contributed by atoms with van der Waals surface area (Å²) in [6.45, 7) is 0.744. The van der Waals surface area contributed by atoms with Crippen molar-refractivity contribution in [3.63, 3.8) is 0 Å². The molecular weight excluding hydrogens is 322 g/mol. The van der Waals surface area contributed by atoms with Gasteiger partial charge in [0.1, 0.15) is 0 Å². The van der Waals surface area contributed by atoms with E-state index < -0.39 is 4.92 Å². The minimum Gasteiger partial charge on any atom is -0.331 e. The molecule has 7 heteroatoms. The van der Waals surface area contributed by atoms with Crippen molar-refractivity contribution >= 4 is 23.2 Å². The molecule has 126 valence electrons. The van der Waals surface area contributed by atoms with E-state index in [1.165, 1.54) is 24.3 Å². The summed E-state index contributed by atoms with van der Waals surface area (Å²) >= 11 is 0. The van der Waals surface area contributed by atoms with Crippen LogP contribution in [0, 0.1) is 10.1 Å². The van der Waals surface area contributed by atoms with Crippen LogP contribution < -0.4 is 5.32 Å². The van der Waals surface area contributed by atoms with Crippen LogP contribution in [0.1, 0.15) is 45.2 Å². The van der Waals surface area contributed by atoms with E-state index in [2.05, 4.69) is 5.32 Å². The third-order valence-corrected chi connectivity index (χ3v) is 4.77. The lowest BCUT2D eigenvalue weighted by Gasteiger charge is -2.17. The fourth-order valence-corrected chi connectivity index (χ4v) is 3.61. The number of benzene rings is 2. The van der Waals surface area contributed by atoms with E-state index in [1.54, 1.807) is 18.2 Å². The molecule has 2 amide bonds. The summed E-state index contributed by atoms with van der Waals surface area (Å²) in [5.74, 6) is -0.337. The molecule has 0 aliphatic carbocycles. The van der Waals surface area contributed by atoms with E-state index in [0.29, 0.717) is 16.8 Å². The van der Waals surface area contributed by atoms with Gasteiger partial charge in [0.25, 0.3) is 17.5 Å². The quantitative estimate of drug-likeness (QED) is 0.688. The van der Waals surface area contributed by atoms with E-state index in [1.807, 2.05) is 4.90 Å². The summed E-state index contributed by atoms with van der Waals surface area (Å²) in [7, 11) is 0. The molecule has 1 atom stereocenters. The van der Waals surface area contributed by atoms with Gasteiger partial charge in [0.05, 0.1) is 11.0 Å². The van der Waals surface area contributed by atoms with Gasteiger partial charge in [-0.2, -0.15) is 0 Å². The second-order valence-electron chi connectivity index (χ2n) is 6.18. The molecule has 0 aromatic heterocycles. The highest BCUT2D eigenvalue weighted by Crippen LogP contribution is 2.44. The molecule has 2 aliphatic heterocycles. The van der Waals surface area contributed by atoms with Crippen molar-refractivity contribution in [1.82, 2.24) is 4.90 Å². The molecule has 0 bridgehead atoms. The number of carbonyl (C=O) groups excluding carboxylic acids is 2. The molecule has 1 N–H and O–H groups in total. The summed E-state index contributed by atoms with van der Waals surface area (Å²) in [6.07, 6.45) is 1.85. The first-order valence-corrected chi connectivity index (χ1v) is 8.06. The van der Waals surface area contributed by atoms with Crippen LogP contribution in [-0.2, 0) is 0 Å². The van der Waals surface area contributed by atoms with Gasteiger partial charge in [0.15, 0.2) is 0 Å². The molecule has 4 rings (SSSR count). The summed E-state index contributed by atoms with van der Waals surface area (Å²) in [5, 5.41) is 13.6. The number of carbonyl (C=O) groups is 2.